The van der Waals surface area contributed by atoms with Crippen molar-refractivity contribution in [3.63, 3.8) is 0 Å². The number of piperidine rings is 1. The van der Waals surface area contributed by atoms with Crippen LogP contribution in [0.3, 0.4) is 0 Å². The number of halogens is 4. The molecule has 40 heavy (non-hydrogen) atoms. The van der Waals surface area contributed by atoms with Crippen LogP contribution in [0.5, 0.6) is 0 Å². The lowest BCUT2D eigenvalue weighted by Gasteiger charge is -2.52. The highest BCUT2D eigenvalue weighted by atomic mass is 35.5. The number of nitrogens with zero attached hydrogens (tertiary/aromatic N) is 4. The largest absolute Gasteiger partial charge is 0.481 e. The molecule has 218 valence electrons. The third kappa shape index (κ3) is 5.62. The second-order valence-corrected chi connectivity index (χ2v) is 12.6. The summed E-state index contributed by atoms with van der Waals surface area (Å²) < 4.78 is 42.2. The second kappa shape index (κ2) is 10.7. The molecule has 1 aromatic carbocycles. The molecule has 2 atom stereocenters. The molecule has 3 aliphatic rings. The molecular formula is C29H37ClF3N5O2. The Morgan fingerprint density at radius 3 is 2.50 bits per heavy atom. The predicted molar refractivity (Wildman–Crippen MR) is 149 cm³/mol. The van der Waals surface area contributed by atoms with Gasteiger partial charge in [-0.25, -0.2) is 4.98 Å². The fraction of sp³-hybridized carbons (Fsp3) is 0.621. The molecule has 0 spiro atoms. The Morgan fingerprint density at radius 1 is 1.18 bits per heavy atom. The summed E-state index contributed by atoms with van der Waals surface area (Å²) in [6.45, 7) is 10.2. The van der Waals surface area contributed by atoms with Gasteiger partial charge in [0.1, 0.15) is 11.4 Å². The minimum Gasteiger partial charge on any atom is -0.481 e. The fourth-order valence-corrected chi connectivity index (χ4v) is 6.95. The maximum absolute atomic E-state index is 14.1. The summed E-state index contributed by atoms with van der Waals surface area (Å²) in [6, 6.07) is 5.31. The zero-order chi connectivity index (χ0) is 29.0. The van der Waals surface area contributed by atoms with Crippen molar-refractivity contribution in [2.75, 3.05) is 36.4 Å². The molecule has 0 bridgehead atoms. The summed E-state index contributed by atoms with van der Waals surface area (Å²) in [5.41, 5.74) is 0.0775. The van der Waals surface area contributed by atoms with Crippen molar-refractivity contribution in [3.05, 3.63) is 45.6 Å². The molecule has 7 nitrogen and oxygen atoms in total. The van der Waals surface area contributed by atoms with Crippen LogP contribution in [-0.4, -0.2) is 58.2 Å². The van der Waals surface area contributed by atoms with Gasteiger partial charge in [0, 0.05) is 30.7 Å². The summed E-state index contributed by atoms with van der Waals surface area (Å²) in [6.07, 6.45) is -1.06. The van der Waals surface area contributed by atoms with E-state index in [0.29, 0.717) is 60.3 Å². The lowest BCUT2D eigenvalue weighted by atomic mass is 9.65. The first kappa shape index (κ1) is 28.9. The molecule has 2 N–H and O–H groups in total. The molecule has 2 aromatic rings. The molecule has 3 heterocycles. The number of hydrogen-bond donors (Lipinski definition) is 2. The van der Waals surface area contributed by atoms with Gasteiger partial charge in [-0.1, -0.05) is 23.7 Å². The van der Waals surface area contributed by atoms with Crippen LogP contribution in [0.2, 0.25) is 5.02 Å². The summed E-state index contributed by atoms with van der Waals surface area (Å²) in [5.74, 6) is 0.220. The molecular weight excluding hydrogens is 543 g/mol. The van der Waals surface area contributed by atoms with Gasteiger partial charge in [0.05, 0.1) is 17.2 Å². The van der Waals surface area contributed by atoms with Crippen LogP contribution in [0, 0.1) is 31.1 Å². The zero-order valence-corrected chi connectivity index (χ0v) is 24.1. The van der Waals surface area contributed by atoms with Gasteiger partial charge in [-0.05, 0) is 89.0 Å². The summed E-state index contributed by atoms with van der Waals surface area (Å²) >= 11 is 6.39. The third-order valence-corrected chi connectivity index (χ3v) is 9.42. The Balaban J connectivity index is 1.27. The van der Waals surface area contributed by atoms with Crippen LogP contribution in [-0.2, 0) is 11.0 Å². The van der Waals surface area contributed by atoms with E-state index in [0.717, 1.165) is 31.5 Å². The molecule has 2 unspecified atom stereocenters. The van der Waals surface area contributed by atoms with E-state index in [-0.39, 0.29) is 11.5 Å². The van der Waals surface area contributed by atoms with E-state index in [1.165, 1.54) is 6.92 Å². The van der Waals surface area contributed by atoms with Crippen molar-refractivity contribution in [1.82, 2.24) is 14.9 Å². The van der Waals surface area contributed by atoms with Crippen molar-refractivity contribution in [2.45, 2.75) is 71.6 Å². The Hall–Kier alpha value is -2.59. The Kier molecular flexibility index (Phi) is 7.72. The number of benzene rings is 1. The number of nitrogens with one attached hydrogen (secondary N) is 1. The van der Waals surface area contributed by atoms with Crippen LogP contribution in [0.15, 0.2) is 18.2 Å². The quantitative estimate of drug-likeness (QED) is 0.396. The highest BCUT2D eigenvalue weighted by molar-refractivity contribution is 6.31. The number of alkyl halides is 3. The number of carbonyl (C=O) groups is 1. The lowest BCUT2D eigenvalue weighted by Crippen LogP contribution is -2.58. The van der Waals surface area contributed by atoms with Crippen molar-refractivity contribution in [2.24, 2.45) is 17.3 Å². The molecule has 5 rings (SSSR count). The van der Waals surface area contributed by atoms with E-state index in [1.54, 1.807) is 13.0 Å². The van der Waals surface area contributed by atoms with E-state index < -0.39 is 29.2 Å². The van der Waals surface area contributed by atoms with Gasteiger partial charge in [-0.3, -0.25) is 4.79 Å². The molecule has 0 radical (unpaired) electrons. The molecule has 2 saturated heterocycles. The van der Waals surface area contributed by atoms with E-state index >= 15 is 0 Å². The number of likely N-dealkylation sites (tertiary alicyclic amines) is 1. The molecule has 1 aromatic heterocycles. The first-order chi connectivity index (χ1) is 18.7. The zero-order valence-electron chi connectivity index (χ0n) is 23.4. The normalized spacial score (nSPS) is 26.6. The first-order valence-corrected chi connectivity index (χ1v) is 14.3. The standard InChI is InChI=1S/C29H37ClF3N5O2/c1-16-7-8-22(23(30)10-16)17(2)34-25-24(29(31,32)33)18(3)35-27(36-25)38-14-20(15-38)19-6-5-9-37(13-19)21-11-28(4,12-21)26(39)40/h7-8,10,17,19-21H,5-6,9,11-15H2,1-4H3,(H,39,40)(H,34,35,36). The Bertz CT molecular complexity index is 1280. The number of carboxylic acids is 1. The number of rotatable bonds is 7. The van der Waals surface area contributed by atoms with Gasteiger partial charge < -0.3 is 20.2 Å². The molecule has 11 heteroatoms. The molecule has 1 aliphatic carbocycles. The van der Waals surface area contributed by atoms with Gasteiger partial charge in [-0.2, -0.15) is 18.2 Å². The SMILES string of the molecule is Cc1ccc(C(C)Nc2nc(N3CC(C4CCCN(C5CC(C)(C(=O)O)C5)C4)C3)nc(C)c2C(F)(F)F)c(Cl)c1. The molecule has 3 fully saturated rings. The third-order valence-electron chi connectivity index (χ3n) is 9.09. The van der Waals surface area contributed by atoms with Crippen LogP contribution >= 0.6 is 11.6 Å². The van der Waals surface area contributed by atoms with E-state index in [1.807, 2.05) is 30.9 Å². The van der Waals surface area contributed by atoms with E-state index in [9.17, 15) is 23.1 Å². The number of carboxylic acid groups (broad SMARTS) is 1. The molecule has 0 amide bonds. The van der Waals surface area contributed by atoms with Crippen LogP contribution < -0.4 is 10.2 Å². The number of hydrogen-bond acceptors (Lipinski definition) is 6. The average molecular weight is 580 g/mol. The first-order valence-electron chi connectivity index (χ1n) is 14.0. The summed E-state index contributed by atoms with van der Waals surface area (Å²) in [4.78, 5) is 24.6. The van der Waals surface area contributed by atoms with Crippen molar-refractivity contribution >= 4 is 29.3 Å². The average Bonchev–Trinajstić information content (AvgIpc) is 2.80. The van der Waals surface area contributed by atoms with Crippen LogP contribution in [0.4, 0.5) is 24.9 Å². The number of aryl methyl sites for hydroxylation is 2. The fourth-order valence-electron chi connectivity index (χ4n) is 6.55. The minimum absolute atomic E-state index is 0.110. The topological polar surface area (TPSA) is 81.6 Å². The maximum Gasteiger partial charge on any atom is 0.421 e. The van der Waals surface area contributed by atoms with Gasteiger partial charge in [-0.15, -0.1) is 0 Å². The lowest BCUT2D eigenvalue weighted by molar-refractivity contribution is -0.158. The number of anilines is 2. The highest BCUT2D eigenvalue weighted by Crippen LogP contribution is 2.46. The minimum atomic E-state index is -4.61. The van der Waals surface area contributed by atoms with Gasteiger partial charge >= 0.3 is 12.1 Å². The molecule has 1 saturated carbocycles. The monoisotopic (exact) mass is 579 g/mol. The van der Waals surface area contributed by atoms with Gasteiger partial charge in [0.15, 0.2) is 0 Å². The second-order valence-electron chi connectivity index (χ2n) is 12.2. The van der Waals surface area contributed by atoms with E-state index in [4.69, 9.17) is 11.6 Å². The Morgan fingerprint density at radius 2 is 1.88 bits per heavy atom. The predicted octanol–water partition coefficient (Wildman–Crippen LogP) is 6.34. The van der Waals surface area contributed by atoms with Crippen molar-refractivity contribution in [3.8, 4) is 0 Å². The number of aliphatic carboxylic acids is 1. The highest BCUT2D eigenvalue weighted by Gasteiger charge is 2.50. The Labute approximate surface area is 238 Å². The number of aromatic nitrogens is 2. The van der Waals surface area contributed by atoms with Crippen LogP contribution in [0.1, 0.15) is 68.0 Å². The van der Waals surface area contributed by atoms with Crippen molar-refractivity contribution < 1.29 is 23.1 Å². The van der Waals surface area contributed by atoms with Gasteiger partial charge in [0.2, 0.25) is 5.95 Å². The maximum atomic E-state index is 14.1. The smallest absolute Gasteiger partial charge is 0.421 e. The molecule has 2 aliphatic heterocycles. The van der Waals surface area contributed by atoms with E-state index in [2.05, 4.69) is 20.2 Å². The van der Waals surface area contributed by atoms with Crippen LogP contribution in [0.25, 0.3) is 0 Å². The van der Waals surface area contributed by atoms with Crippen molar-refractivity contribution in [1.29, 1.82) is 0 Å². The summed E-state index contributed by atoms with van der Waals surface area (Å²) in [7, 11) is 0. The van der Waals surface area contributed by atoms with Gasteiger partial charge in [0.25, 0.3) is 0 Å². The summed E-state index contributed by atoms with van der Waals surface area (Å²) in [5, 5.41) is 12.9.